The smallest absolute Gasteiger partial charge is 0.272 e. The van der Waals surface area contributed by atoms with Gasteiger partial charge in [-0.25, -0.2) is 4.98 Å². The van der Waals surface area contributed by atoms with Crippen molar-refractivity contribution >= 4 is 30.4 Å². The number of fused-ring (bicyclic) bond motifs is 1. The van der Waals surface area contributed by atoms with Gasteiger partial charge in [0.1, 0.15) is 5.69 Å². The standard InChI is InChI=1S/C16H15BN2O3/c17-10-14(20)12-3-1-2-11-4-5-13(18-15(11)12)16(21)19-6-8-22-9-7-19/h1-5H,6-10H2. The van der Waals surface area contributed by atoms with Crippen LogP contribution in [0.4, 0.5) is 0 Å². The third-order valence-electron chi connectivity index (χ3n) is 3.72. The second-order valence-corrected chi connectivity index (χ2v) is 5.11. The van der Waals surface area contributed by atoms with Gasteiger partial charge in [-0.3, -0.25) is 9.59 Å². The molecule has 22 heavy (non-hydrogen) atoms. The number of carbonyl (C=O) groups excluding carboxylic acids is 2. The summed E-state index contributed by atoms with van der Waals surface area (Å²) < 4.78 is 5.25. The van der Waals surface area contributed by atoms with Crippen molar-refractivity contribution in [3.05, 3.63) is 41.6 Å². The van der Waals surface area contributed by atoms with Gasteiger partial charge in [-0.1, -0.05) is 18.2 Å². The predicted octanol–water partition coefficient (Wildman–Crippen LogP) is 1.48. The monoisotopic (exact) mass is 294 g/mol. The van der Waals surface area contributed by atoms with Crippen molar-refractivity contribution in [2.75, 3.05) is 26.3 Å². The van der Waals surface area contributed by atoms with Gasteiger partial charge < -0.3 is 9.64 Å². The Labute approximate surface area is 129 Å². The largest absolute Gasteiger partial charge is 0.378 e. The van der Waals surface area contributed by atoms with Crippen molar-refractivity contribution in [2.24, 2.45) is 0 Å². The molecule has 110 valence electrons. The lowest BCUT2D eigenvalue weighted by Gasteiger charge is -2.26. The van der Waals surface area contributed by atoms with Crippen molar-refractivity contribution < 1.29 is 14.3 Å². The summed E-state index contributed by atoms with van der Waals surface area (Å²) in [6.45, 7) is 2.19. The van der Waals surface area contributed by atoms with Crippen molar-refractivity contribution in [3.8, 4) is 0 Å². The van der Waals surface area contributed by atoms with Gasteiger partial charge in [-0.05, 0) is 18.5 Å². The zero-order valence-electron chi connectivity index (χ0n) is 12.1. The predicted molar refractivity (Wildman–Crippen MR) is 83.4 cm³/mol. The Balaban J connectivity index is 2.01. The van der Waals surface area contributed by atoms with E-state index in [2.05, 4.69) is 4.98 Å². The number of morpholine rings is 1. The SMILES string of the molecule is [B]CC(=O)c1cccc2ccc(C(=O)N3CCOCC3)nc12. The molecule has 0 aliphatic carbocycles. The van der Waals surface area contributed by atoms with Crippen LogP contribution in [0.3, 0.4) is 0 Å². The van der Waals surface area contributed by atoms with Gasteiger partial charge in [0.05, 0.1) is 26.6 Å². The molecule has 2 heterocycles. The number of amides is 1. The molecule has 0 unspecified atom stereocenters. The highest BCUT2D eigenvalue weighted by Gasteiger charge is 2.20. The molecule has 1 aromatic carbocycles. The number of hydrogen-bond donors (Lipinski definition) is 0. The number of rotatable bonds is 3. The third-order valence-corrected chi connectivity index (χ3v) is 3.72. The van der Waals surface area contributed by atoms with Crippen LogP contribution in [-0.4, -0.2) is 55.7 Å². The van der Waals surface area contributed by atoms with Gasteiger partial charge in [0.2, 0.25) is 0 Å². The Morgan fingerprint density at radius 2 is 1.95 bits per heavy atom. The minimum atomic E-state index is -0.186. The van der Waals surface area contributed by atoms with E-state index < -0.39 is 0 Å². The highest BCUT2D eigenvalue weighted by molar-refractivity contribution is 6.26. The number of Topliss-reactive ketones (excluding diaryl/α,β-unsaturated/α-hetero) is 1. The molecular weight excluding hydrogens is 279 g/mol. The minimum absolute atomic E-state index is 0.0809. The average Bonchev–Trinajstić information content (AvgIpc) is 2.60. The van der Waals surface area contributed by atoms with Crippen LogP contribution in [0.15, 0.2) is 30.3 Å². The van der Waals surface area contributed by atoms with E-state index in [0.717, 1.165) is 5.39 Å². The molecule has 1 fully saturated rings. The van der Waals surface area contributed by atoms with Crippen molar-refractivity contribution in [1.29, 1.82) is 0 Å². The van der Waals surface area contributed by atoms with Crippen LogP contribution in [0.25, 0.3) is 10.9 Å². The lowest BCUT2D eigenvalue weighted by molar-refractivity contribution is 0.0299. The fraction of sp³-hybridized carbons (Fsp3) is 0.312. The molecule has 0 N–H and O–H groups in total. The van der Waals surface area contributed by atoms with E-state index in [-0.39, 0.29) is 18.0 Å². The van der Waals surface area contributed by atoms with Gasteiger partial charge in [0, 0.05) is 24.0 Å². The van der Waals surface area contributed by atoms with Gasteiger partial charge in [-0.15, -0.1) is 0 Å². The van der Waals surface area contributed by atoms with Gasteiger partial charge >= 0.3 is 0 Å². The van der Waals surface area contributed by atoms with Gasteiger partial charge in [0.25, 0.3) is 5.91 Å². The maximum absolute atomic E-state index is 12.5. The number of hydrogen-bond acceptors (Lipinski definition) is 4. The topological polar surface area (TPSA) is 59.5 Å². The Morgan fingerprint density at radius 3 is 2.68 bits per heavy atom. The first-order valence-electron chi connectivity index (χ1n) is 7.21. The molecule has 1 aliphatic heterocycles. The summed E-state index contributed by atoms with van der Waals surface area (Å²) in [7, 11) is 5.44. The van der Waals surface area contributed by atoms with E-state index in [1.54, 1.807) is 23.1 Å². The van der Waals surface area contributed by atoms with Crippen LogP contribution in [-0.2, 0) is 4.74 Å². The molecule has 2 radical (unpaired) electrons. The molecule has 1 aliphatic rings. The highest BCUT2D eigenvalue weighted by Crippen LogP contribution is 2.19. The van der Waals surface area contributed by atoms with Crippen LogP contribution in [0.2, 0.25) is 6.32 Å². The molecule has 2 aromatic rings. The fourth-order valence-corrected chi connectivity index (χ4v) is 2.53. The Kier molecular flexibility index (Phi) is 4.20. The Hall–Kier alpha value is -2.21. The first kappa shape index (κ1) is 14.7. The van der Waals surface area contributed by atoms with Gasteiger partial charge in [0.15, 0.2) is 5.78 Å². The molecule has 1 amide bonds. The number of pyridine rings is 1. The van der Waals surface area contributed by atoms with E-state index in [1.807, 2.05) is 12.1 Å². The van der Waals surface area contributed by atoms with E-state index in [1.165, 1.54) is 0 Å². The summed E-state index contributed by atoms with van der Waals surface area (Å²) in [5.41, 5.74) is 1.32. The summed E-state index contributed by atoms with van der Waals surface area (Å²) in [5, 5.41) is 0.817. The number of nitrogens with zero attached hydrogens (tertiary/aromatic N) is 2. The third kappa shape index (κ3) is 2.74. The van der Waals surface area contributed by atoms with Crippen LogP contribution in [0, 0.1) is 0 Å². The second-order valence-electron chi connectivity index (χ2n) is 5.11. The molecule has 0 atom stereocenters. The van der Waals surface area contributed by atoms with Crippen LogP contribution in [0.5, 0.6) is 0 Å². The number of ketones is 1. The molecule has 1 saturated heterocycles. The molecule has 3 rings (SSSR count). The normalized spacial score (nSPS) is 15.0. The van der Waals surface area contributed by atoms with E-state index in [4.69, 9.17) is 12.6 Å². The molecule has 0 bridgehead atoms. The van der Waals surface area contributed by atoms with E-state index in [9.17, 15) is 9.59 Å². The molecular formula is C16H15BN2O3. The van der Waals surface area contributed by atoms with E-state index in [0.29, 0.717) is 43.1 Å². The summed E-state index contributed by atoms with van der Waals surface area (Å²) in [6, 6.07) is 8.84. The molecule has 1 aromatic heterocycles. The highest BCUT2D eigenvalue weighted by atomic mass is 16.5. The summed E-state index contributed by atoms with van der Waals surface area (Å²) in [6.07, 6.45) is -0.0809. The van der Waals surface area contributed by atoms with Crippen molar-refractivity contribution in [1.82, 2.24) is 9.88 Å². The maximum atomic E-state index is 12.5. The molecule has 6 heteroatoms. The number of ether oxygens (including phenoxy) is 1. The summed E-state index contributed by atoms with van der Waals surface area (Å²) >= 11 is 0. The Bertz CT molecular complexity index is 726. The quantitative estimate of drug-likeness (QED) is 0.635. The zero-order chi connectivity index (χ0) is 15.5. The molecule has 0 spiro atoms. The first-order chi connectivity index (χ1) is 10.7. The lowest BCUT2D eigenvalue weighted by atomic mass is 9.94. The van der Waals surface area contributed by atoms with E-state index >= 15 is 0 Å². The summed E-state index contributed by atoms with van der Waals surface area (Å²) in [5.74, 6) is -0.325. The molecule has 5 nitrogen and oxygen atoms in total. The Morgan fingerprint density at radius 1 is 1.18 bits per heavy atom. The lowest BCUT2D eigenvalue weighted by Crippen LogP contribution is -2.41. The number of aromatic nitrogens is 1. The zero-order valence-corrected chi connectivity index (χ0v) is 12.1. The number of para-hydroxylation sites is 1. The first-order valence-corrected chi connectivity index (χ1v) is 7.21. The van der Waals surface area contributed by atoms with Crippen LogP contribution in [0.1, 0.15) is 20.8 Å². The number of benzene rings is 1. The van der Waals surface area contributed by atoms with Crippen molar-refractivity contribution in [2.45, 2.75) is 6.32 Å². The maximum Gasteiger partial charge on any atom is 0.272 e. The number of carbonyl (C=O) groups is 2. The minimum Gasteiger partial charge on any atom is -0.378 e. The van der Waals surface area contributed by atoms with Crippen LogP contribution < -0.4 is 0 Å². The van der Waals surface area contributed by atoms with Crippen molar-refractivity contribution in [3.63, 3.8) is 0 Å². The van der Waals surface area contributed by atoms with Gasteiger partial charge in [-0.2, -0.15) is 0 Å². The average molecular weight is 294 g/mol. The fourth-order valence-electron chi connectivity index (χ4n) is 2.53. The van der Waals surface area contributed by atoms with Crippen LogP contribution >= 0.6 is 0 Å². The second kappa shape index (κ2) is 6.28. The summed E-state index contributed by atoms with van der Waals surface area (Å²) in [4.78, 5) is 30.5. The molecule has 0 saturated carbocycles.